The van der Waals surface area contributed by atoms with E-state index >= 15 is 0 Å². The fraction of sp³-hybridized carbons (Fsp3) is 0.308. The number of benzene rings is 2. The van der Waals surface area contributed by atoms with Crippen LogP contribution >= 0.6 is 0 Å². The predicted octanol–water partition coefficient (Wildman–Crippen LogP) is 4.65. The highest BCUT2D eigenvalue weighted by Crippen LogP contribution is 2.47. The highest BCUT2D eigenvalue weighted by molar-refractivity contribution is 6.03. The molecule has 4 heterocycles. The molecule has 7 heteroatoms. The molecular formula is C26H26N4O3. The summed E-state index contributed by atoms with van der Waals surface area (Å²) in [6, 6.07) is 14.4. The zero-order valence-corrected chi connectivity index (χ0v) is 18.8. The van der Waals surface area contributed by atoms with Crippen molar-refractivity contribution < 1.29 is 14.3 Å². The SMILES string of the molecule is COc1cc(C=C2CCCN3C2=NOC32CCOc3ccccc32)ccc1-n1cnc(C)c1. The van der Waals surface area contributed by atoms with Crippen molar-refractivity contribution in [3.63, 3.8) is 0 Å². The molecule has 1 unspecified atom stereocenters. The van der Waals surface area contributed by atoms with Crippen molar-refractivity contribution in [3.8, 4) is 17.2 Å². The average Bonchev–Trinajstić information content (AvgIpc) is 3.44. The molecule has 0 N–H and O–H groups in total. The molecule has 1 aromatic heterocycles. The van der Waals surface area contributed by atoms with E-state index < -0.39 is 5.72 Å². The molecule has 3 aliphatic rings. The van der Waals surface area contributed by atoms with E-state index in [0.29, 0.717) is 6.61 Å². The van der Waals surface area contributed by atoms with Crippen LogP contribution in [-0.4, -0.2) is 40.5 Å². The molecule has 3 aliphatic heterocycles. The monoisotopic (exact) mass is 442 g/mol. The molecule has 0 amide bonds. The molecule has 1 atom stereocenters. The Labute approximate surface area is 192 Å². The Morgan fingerprint density at radius 1 is 1.18 bits per heavy atom. The maximum Gasteiger partial charge on any atom is 0.244 e. The van der Waals surface area contributed by atoms with E-state index in [0.717, 1.165) is 65.7 Å². The first-order chi connectivity index (χ1) is 16.2. The molecule has 0 radical (unpaired) electrons. The standard InChI is InChI=1S/C26H26N4O3/c1-18-16-29(17-27-18)22-10-9-19(15-24(22)31-2)14-20-6-5-12-30-25(20)28-33-26(30)11-13-32-23-8-4-3-7-21(23)26/h3-4,7-10,14-17H,5-6,11-13H2,1-2H3. The largest absolute Gasteiger partial charge is 0.495 e. The van der Waals surface area contributed by atoms with Crippen molar-refractivity contribution in [2.75, 3.05) is 20.3 Å². The Kier molecular flexibility index (Phi) is 4.64. The first kappa shape index (κ1) is 19.9. The zero-order chi connectivity index (χ0) is 22.4. The van der Waals surface area contributed by atoms with E-state index in [1.54, 1.807) is 13.4 Å². The fourth-order valence-corrected chi connectivity index (χ4v) is 5.06. The molecule has 1 spiro atoms. The number of imidazole rings is 1. The van der Waals surface area contributed by atoms with Crippen LogP contribution in [0, 0.1) is 6.92 Å². The minimum absolute atomic E-state index is 0.579. The van der Waals surface area contributed by atoms with Crippen LogP contribution in [0.3, 0.4) is 0 Å². The molecule has 168 valence electrons. The van der Waals surface area contributed by atoms with Crippen molar-refractivity contribution in [1.29, 1.82) is 0 Å². The van der Waals surface area contributed by atoms with Crippen LogP contribution < -0.4 is 9.47 Å². The summed E-state index contributed by atoms with van der Waals surface area (Å²) >= 11 is 0. The minimum atomic E-state index is -0.579. The number of nitrogens with zero attached hydrogens (tertiary/aromatic N) is 4. The number of para-hydroxylation sites is 1. The number of piperidine rings is 1. The first-order valence-corrected chi connectivity index (χ1v) is 11.3. The third kappa shape index (κ3) is 3.18. The van der Waals surface area contributed by atoms with Gasteiger partial charge in [0.15, 0.2) is 5.84 Å². The summed E-state index contributed by atoms with van der Waals surface area (Å²) < 4.78 is 13.6. The summed E-state index contributed by atoms with van der Waals surface area (Å²) in [4.78, 5) is 12.9. The minimum Gasteiger partial charge on any atom is -0.495 e. The second kappa shape index (κ2) is 7.69. The van der Waals surface area contributed by atoms with Gasteiger partial charge in [0.2, 0.25) is 5.72 Å². The zero-order valence-electron chi connectivity index (χ0n) is 18.8. The summed E-state index contributed by atoms with van der Waals surface area (Å²) in [6.45, 7) is 3.50. The van der Waals surface area contributed by atoms with Crippen LogP contribution in [0.5, 0.6) is 11.5 Å². The molecule has 0 saturated carbocycles. The van der Waals surface area contributed by atoms with Crippen molar-refractivity contribution in [2.45, 2.75) is 31.9 Å². The van der Waals surface area contributed by atoms with Gasteiger partial charge in [0.05, 0.1) is 37.0 Å². The van der Waals surface area contributed by atoms with E-state index in [2.05, 4.69) is 45.4 Å². The highest BCUT2D eigenvalue weighted by Gasteiger charge is 2.52. The van der Waals surface area contributed by atoms with Gasteiger partial charge in [0, 0.05) is 19.2 Å². The van der Waals surface area contributed by atoms with E-state index in [-0.39, 0.29) is 0 Å². The van der Waals surface area contributed by atoms with Gasteiger partial charge < -0.3 is 23.8 Å². The maximum atomic E-state index is 6.21. The molecule has 0 bridgehead atoms. The third-order valence-corrected chi connectivity index (χ3v) is 6.63. The van der Waals surface area contributed by atoms with E-state index in [1.165, 1.54) is 5.57 Å². The lowest BCUT2D eigenvalue weighted by molar-refractivity contribution is -0.128. The van der Waals surface area contributed by atoms with Crippen LogP contribution in [0.25, 0.3) is 11.8 Å². The van der Waals surface area contributed by atoms with Gasteiger partial charge in [0.25, 0.3) is 0 Å². The summed E-state index contributed by atoms with van der Waals surface area (Å²) in [5.74, 6) is 2.60. The quantitative estimate of drug-likeness (QED) is 0.591. The molecule has 6 rings (SSSR count). The third-order valence-electron chi connectivity index (χ3n) is 6.63. The van der Waals surface area contributed by atoms with Crippen LogP contribution in [-0.2, 0) is 10.6 Å². The predicted molar refractivity (Wildman–Crippen MR) is 126 cm³/mol. The first-order valence-electron chi connectivity index (χ1n) is 11.3. The van der Waals surface area contributed by atoms with Gasteiger partial charge in [-0.25, -0.2) is 4.98 Å². The Morgan fingerprint density at radius 2 is 2.09 bits per heavy atom. The van der Waals surface area contributed by atoms with Gasteiger partial charge >= 0.3 is 0 Å². The van der Waals surface area contributed by atoms with Crippen LogP contribution in [0.4, 0.5) is 0 Å². The normalized spacial score (nSPS) is 22.4. The molecule has 2 aromatic carbocycles. The van der Waals surface area contributed by atoms with Crippen molar-refractivity contribution in [2.24, 2.45) is 5.16 Å². The van der Waals surface area contributed by atoms with Gasteiger partial charge in [-0.3, -0.25) is 0 Å². The Balaban J connectivity index is 1.34. The highest BCUT2D eigenvalue weighted by atomic mass is 16.7. The van der Waals surface area contributed by atoms with Crippen molar-refractivity contribution in [3.05, 3.63) is 77.4 Å². The van der Waals surface area contributed by atoms with Gasteiger partial charge in [0.1, 0.15) is 11.5 Å². The van der Waals surface area contributed by atoms with Gasteiger partial charge in [-0.2, -0.15) is 0 Å². The maximum absolute atomic E-state index is 6.21. The number of aryl methyl sites for hydroxylation is 1. The molecule has 1 saturated heterocycles. The number of ether oxygens (including phenoxy) is 2. The van der Waals surface area contributed by atoms with E-state index in [1.807, 2.05) is 35.9 Å². The topological polar surface area (TPSA) is 61.1 Å². The van der Waals surface area contributed by atoms with Gasteiger partial charge in [-0.05, 0) is 61.2 Å². The number of hydrogen-bond acceptors (Lipinski definition) is 6. The summed E-state index contributed by atoms with van der Waals surface area (Å²) in [6.07, 6.45) is 8.74. The van der Waals surface area contributed by atoms with Crippen LogP contribution in [0.15, 0.2) is 65.7 Å². The van der Waals surface area contributed by atoms with Gasteiger partial charge in [-0.15, -0.1) is 0 Å². The summed E-state index contributed by atoms with van der Waals surface area (Å²) in [5.41, 5.74) is 4.65. The van der Waals surface area contributed by atoms with Crippen LogP contribution in [0.2, 0.25) is 0 Å². The average molecular weight is 443 g/mol. The van der Waals surface area contributed by atoms with E-state index in [4.69, 9.17) is 14.3 Å². The van der Waals surface area contributed by atoms with Crippen LogP contribution in [0.1, 0.15) is 36.1 Å². The molecule has 1 fully saturated rings. The lowest BCUT2D eigenvalue weighted by Gasteiger charge is -2.42. The lowest BCUT2D eigenvalue weighted by Crippen LogP contribution is -2.51. The fourth-order valence-electron chi connectivity index (χ4n) is 5.06. The number of oxime groups is 1. The molecule has 7 nitrogen and oxygen atoms in total. The number of amidine groups is 1. The van der Waals surface area contributed by atoms with Crippen molar-refractivity contribution >= 4 is 11.9 Å². The molecular weight excluding hydrogens is 416 g/mol. The Morgan fingerprint density at radius 3 is 2.94 bits per heavy atom. The molecule has 0 aliphatic carbocycles. The second-order valence-corrected chi connectivity index (χ2v) is 8.66. The summed E-state index contributed by atoms with van der Waals surface area (Å²) in [5, 5.41) is 4.60. The van der Waals surface area contributed by atoms with Crippen molar-refractivity contribution in [1.82, 2.24) is 14.5 Å². The Hall–Kier alpha value is -3.74. The number of hydrogen-bond donors (Lipinski definition) is 0. The molecule has 33 heavy (non-hydrogen) atoms. The second-order valence-electron chi connectivity index (χ2n) is 8.66. The van der Waals surface area contributed by atoms with E-state index in [9.17, 15) is 0 Å². The number of fused-ring (bicyclic) bond motifs is 4. The number of methoxy groups -OCH3 is 1. The number of aromatic nitrogens is 2. The number of rotatable bonds is 3. The smallest absolute Gasteiger partial charge is 0.244 e. The van der Waals surface area contributed by atoms with Gasteiger partial charge in [-0.1, -0.05) is 23.4 Å². The Bertz CT molecular complexity index is 1280. The lowest BCUT2D eigenvalue weighted by atomic mass is 9.91. The summed E-state index contributed by atoms with van der Waals surface area (Å²) in [7, 11) is 1.70. The molecule has 3 aromatic rings.